The van der Waals surface area contributed by atoms with E-state index in [9.17, 15) is 28.4 Å². The highest BCUT2D eigenvalue weighted by Gasteiger charge is 2.42. The van der Waals surface area contributed by atoms with Crippen molar-refractivity contribution in [1.82, 2.24) is 14.1 Å². The first-order valence-corrected chi connectivity index (χ1v) is 16.5. The minimum Gasteiger partial charge on any atom is -0.497 e. The van der Waals surface area contributed by atoms with Crippen molar-refractivity contribution in [3.8, 4) is 17.2 Å². The van der Waals surface area contributed by atoms with Gasteiger partial charge in [0.2, 0.25) is 23.1 Å². The second kappa shape index (κ2) is 16.8. The van der Waals surface area contributed by atoms with E-state index in [1.165, 1.54) is 43.3 Å². The lowest BCUT2D eigenvalue weighted by molar-refractivity contribution is -0.157. The van der Waals surface area contributed by atoms with Crippen molar-refractivity contribution in [3.63, 3.8) is 0 Å². The number of amides is 3. The number of carbonyl (C=O) groups excluding carboxylic acids is 3. The van der Waals surface area contributed by atoms with Crippen molar-refractivity contribution >= 4 is 46.3 Å². The molecule has 13 nitrogen and oxygen atoms in total. The highest BCUT2D eigenvalue weighted by atomic mass is 35.5. The molecule has 3 atom stereocenters. The molecule has 3 amide bonds. The van der Waals surface area contributed by atoms with E-state index < -0.39 is 41.7 Å². The smallest absolute Gasteiger partial charge is 0.252 e. The van der Waals surface area contributed by atoms with E-state index in [4.69, 9.17) is 25.8 Å². The van der Waals surface area contributed by atoms with E-state index in [0.29, 0.717) is 39.3 Å². The minimum atomic E-state index is -2.52. The SMILES string of the molecule is COc1ccc(N(O)C(=O)CC2CN(Cc3cc(OC)cc(OC)c3)C(=O)C(C)N2C(=O)CN(CCc2cccc(Cl)c2)S(=O)O)cc1. The maximum atomic E-state index is 13.9. The molecule has 4 rings (SSSR count). The molecular weight excluding hydrogens is 664 g/mol. The van der Waals surface area contributed by atoms with E-state index in [-0.39, 0.29) is 37.6 Å². The van der Waals surface area contributed by atoms with Crippen LogP contribution in [0.1, 0.15) is 24.5 Å². The van der Waals surface area contributed by atoms with Crippen molar-refractivity contribution < 1.29 is 42.6 Å². The molecule has 1 aliphatic heterocycles. The molecule has 0 aromatic heterocycles. The summed E-state index contributed by atoms with van der Waals surface area (Å²) in [7, 11) is 4.52. The highest BCUT2D eigenvalue weighted by Crippen LogP contribution is 2.28. The number of hydrogen-bond acceptors (Lipinski definition) is 8. The Hall–Kier alpha value is -4.21. The molecule has 0 spiro atoms. The van der Waals surface area contributed by atoms with Crippen molar-refractivity contribution in [2.75, 3.05) is 46.0 Å². The van der Waals surface area contributed by atoms with Crippen LogP contribution >= 0.6 is 11.6 Å². The first-order chi connectivity index (χ1) is 22.9. The number of anilines is 1. The Balaban J connectivity index is 1.59. The Morgan fingerprint density at radius 2 is 1.60 bits per heavy atom. The van der Waals surface area contributed by atoms with Crippen LogP contribution in [0.4, 0.5) is 5.69 Å². The number of benzene rings is 3. The Morgan fingerprint density at radius 1 is 0.958 bits per heavy atom. The zero-order valence-corrected chi connectivity index (χ0v) is 28.6. The molecule has 2 N–H and O–H groups in total. The number of piperazine rings is 1. The average Bonchev–Trinajstić information content (AvgIpc) is 3.08. The first-order valence-electron chi connectivity index (χ1n) is 15.0. The monoisotopic (exact) mass is 702 g/mol. The Bertz CT molecular complexity index is 1600. The highest BCUT2D eigenvalue weighted by molar-refractivity contribution is 7.76. The molecule has 0 saturated carbocycles. The van der Waals surface area contributed by atoms with Crippen LogP contribution in [-0.4, -0.2) is 98.8 Å². The number of halogens is 1. The van der Waals surface area contributed by atoms with Crippen LogP contribution in [0.15, 0.2) is 66.7 Å². The molecule has 0 radical (unpaired) electrons. The van der Waals surface area contributed by atoms with E-state index in [0.717, 1.165) is 9.87 Å². The van der Waals surface area contributed by atoms with Crippen LogP contribution in [0.5, 0.6) is 17.2 Å². The average molecular weight is 703 g/mol. The molecule has 0 bridgehead atoms. The Labute approximate surface area is 286 Å². The Kier molecular flexibility index (Phi) is 12.8. The van der Waals surface area contributed by atoms with Crippen molar-refractivity contribution in [1.29, 1.82) is 0 Å². The lowest BCUT2D eigenvalue weighted by Gasteiger charge is -2.45. The maximum Gasteiger partial charge on any atom is 0.252 e. The van der Waals surface area contributed by atoms with Gasteiger partial charge in [0, 0.05) is 30.7 Å². The fourth-order valence-electron chi connectivity index (χ4n) is 5.58. The van der Waals surface area contributed by atoms with Crippen LogP contribution in [0.25, 0.3) is 0 Å². The van der Waals surface area contributed by atoms with Gasteiger partial charge in [-0.15, -0.1) is 0 Å². The van der Waals surface area contributed by atoms with Crippen molar-refractivity contribution in [3.05, 3.63) is 82.9 Å². The summed E-state index contributed by atoms with van der Waals surface area (Å²) in [6.07, 6.45) is -0.0236. The normalized spacial score (nSPS) is 16.9. The molecule has 48 heavy (non-hydrogen) atoms. The van der Waals surface area contributed by atoms with Gasteiger partial charge in [-0.25, -0.2) is 4.21 Å². The molecule has 3 unspecified atom stereocenters. The fraction of sp³-hybridized carbons (Fsp3) is 0.364. The van der Waals surface area contributed by atoms with Gasteiger partial charge in [-0.1, -0.05) is 23.7 Å². The van der Waals surface area contributed by atoms with E-state index in [2.05, 4.69) is 0 Å². The minimum absolute atomic E-state index is 0.0423. The fourth-order valence-corrected chi connectivity index (χ4v) is 6.26. The molecular formula is C33H39ClN4O9S. The summed E-state index contributed by atoms with van der Waals surface area (Å²) >= 11 is 3.56. The summed E-state index contributed by atoms with van der Waals surface area (Å²) in [6.45, 7) is 1.15. The van der Waals surface area contributed by atoms with Gasteiger partial charge in [0.05, 0.1) is 46.0 Å². The van der Waals surface area contributed by atoms with E-state index in [1.807, 2.05) is 6.07 Å². The topological polar surface area (TPSA) is 149 Å². The van der Waals surface area contributed by atoms with Gasteiger partial charge < -0.3 is 24.0 Å². The third kappa shape index (κ3) is 9.23. The van der Waals surface area contributed by atoms with Crippen LogP contribution in [0.2, 0.25) is 5.02 Å². The second-order valence-electron chi connectivity index (χ2n) is 11.2. The molecule has 1 heterocycles. The standard InChI is InChI=1S/C33H39ClN4O9S/c1-22-33(41)35(19-24-15-29(46-3)18-30(16-24)47-4)20-27(17-31(39)38(42)26-8-10-28(45-2)11-9-26)37(22)32(40)21-36(48(43)44)13-12-23-6-5-7-25(34)14-23/h5-11,14-16,18,22,27,42H,12-13,17,19-21H2,1-4H3,(H,43,44). The molecule has 1 aliphatic rings. The van der Waals surface area contributed by atoms with Crippen molar-refractivity contribution in [2.45, 2.75) is 38.4 Å². The predicted molar refractivity (Wildman–Crippen MR) is 179 cm³/mol. The van der Waals surface area contributed by atoms with E-state index >= 15 is 0 Å². The zero-order chi connectivity index (χ0) is 35.0. The number of rotatable bonds is 14. The Morgan fingerprint density at radius 3 is 2.19 bits per heavy atom. The number of carbonyl (C=O) groups is 3. The molecule has 1 saturated heterocycles. The van der Waals surface area contributed by atoms with Gasteiger partial charge in [0.1, 0.15) is 23.3 Å². The van der Waals surface area contributed by atoms with Gasteiger partial charge in [-0.2, -0.15) is 9.37 Å². The molecule has 3 aromatic rings. The van der Waals surface area contributed by atoms with Gasteiger partial charge in [0.15, 0.2) is 0 Å². The van der Waals surface area contributed by atoms with Crippen LogP contribution in [-0.2, 0) is 38.6 Å². The van der Waals surface area contributed by atoms with Crippen LogP contribution in [0, 0.1) is 0 Å². The zero-order valence-electron chi connectivity index (χ0n) is 27.1. The van der Waals surface area contributed by atoms with Gasteiger partial charge in [-0.05, 0) is 73.0 Å². The van der Waals surface area contributed by atoms with Gasteiger partial charge >= 0.3 is 0 Å². The predicted octanol–water partition coefficient (Wildman–Crippen LogP) is 3.79. The van der Waals surface area contributed by atoms with E-state index in [1.54, 1.807) is 55.5 Å². The molecule has 258 valence electrons. The third-order valence-corrected chi connectivity index (χ3v) is 9.01. The summed E-state index contributed by atoms with van der Waals surface area (Å²) in [5.74, 6) is -0.163. The lowest BCUT2D eigenvalue weighted by atomic mass is 10.0. The van der Waals surface area contributed by atoms with Crippen molar-refractivity contribution in [2.24, 2.45) is 0 Å². The summed E-state index contributed by atoms with van der Waals surface area (Å²) in [6, 6.07) is 16.5. The number of methoxy groups -OCH3 is 3. The summed E-state index contributed by atoms with van der Waals surface area (Å²) < 4.78 is 39.3. The second-order valence-corrected chi connectivity index (χ2v) is 12.6. The molecule has 15 heteroatoms. The number of ether oxygens (including phenoxy) is 3. The molecule has 1 fully saturated rings. The van der Waals surface area contributed by atoms with Gasteiger partial charge in [0.25, 0.3) is 5.91 Å². The van der Waals surface area contributed by atoms with Crippen LogP contribution < -0.4 is 19.3 Å². The lowest BCUT2D eigenvalue weighted by Crippen LogP contribution is -2.64. The quantitative estimate of drug-likeness (QED) is 0.145. The maximum absolute atomic E-state index is 13.9. The number of nitrogens with zero attached hydrogens (tertiary/aromatic N) is 4. The molecule has 3 aromatic carbocycles. The van der Waals surface area contributed by atoms with Crippen LogP contribution in [0.3, 0.4) is 0 Å². The summed E-state index contributed by atoms with van der Waals surface area (Å²) in [5, 5.41) is 11.8. The third-order valence-electron chi connectivity index (χ3n) is 8.02. The first kappa shape index (κ1) is 36.6. The number of hydroxylamine groups is 1. The largest absolute Gasteiger partial charge is 0.497 e. The van der Waals surface area contributed by atoms with Gasteiger partial charge in [-0.3, -0.25) is 24.1 Å². The number of hydrogen-bond donors (Lipinski definition) is 2. The summed E-state index contributed by atoms with van der Waals surface area (Å²) in [5.41, 5.74) is 1.69. The molecule has 0 aliphatic carbocycles. The summed E-state index contributed by atoms with van der Waals surface area (Å²) in [4.78, 5) is 43.8.